The monoisotopic (exact) mass is 696 g/mol. The molecule has 9 rings (SSSR count). The van der Waals surface area contributed by atoms with Crippen LogP contribution < -0.4 is 0 Å². The molecule has 0 unspecified atom stereocenters. The maximum absolute atomic E-state index is 13.3. The lowest BCUT2D eigenvalue weighted by molar-refractivity contribution is -0.137. The first kappa shape index (κ1) is 29.9. The molecule has 1 spiro atoms. The van der Waals surface area contributed by atoms with Gasteiger partial charge in [0.05, 0.1) is 15.1 Å². The van der Waals surface area contributed by atoms with Crippen LogP contribution >= 0.6 is 34.0 Å². The fraction of sp³-hybridized carbons (Fsp3) is 0.211. The summed E-state index contributed by atoms with van der Waals surface area (Å²) in [6.07, 6.45) is 4.19. The number of fused-ring (bicyclic) bond motifs is 9. The van der Waals surface area contributed by atoms with E-state index in [9.17, 15) is 32.3 Å². The zero-order valence-corrected chi connectivity index (χ0v) is 27.8. The predicted molar refractivity (Wildman–Crippen MR) is 184 cm³/mol. The molecule has 1 fully saturated rings. The van der Waals surface area contributed by atoms with Crippen LogP contribution in [0.2, 0.25) is 0 Å². The van der Waals surface area contributed by atoms with E-state index < -0.39 is 34.9 Å². The molecule has 48 heavy (non-hydrogen) atoms. The average Bonchev–Trinajstić information content (AvgIpc) is 3.87. The molecule has 2 aromatic carbocycles. The minimum atomic E-state index is -4.62. The number of halogens is 3. The third-order valence-electron chi connectivity index (χ3n) is 10.1. The van der Waals surface area contributed by atoms with Gasteiger partial charge in [-0.1, -0.05) is 43.0 Å². The van der Waals surface area contributed by atoms with E-state index >= 15 is 0 Å². The number of alkyl halides is 3. The van der Waals surface area contributed by atoms with Crippen LogP contribution in [-0.4, -0.2) is 23.1 Å². The fourth-order valence-corrected chi connectivity index (χ4v) is 12.1. The smallest absolute Gasteiger partial charge is 0.285 e. The molecule has 0 radical (unpaired) electrons. The lowest BCUT2D eigenvalue weighted by atomic mass is 9.68. The summed E-state index contributed by atoms with van der Waals surface area (Å²) in [6, 6.07) is 12.7. The molecule has 1 saturated carbocycles. The van der Waals surface area contributed by atoms with Crippen molar-refractivity contribution in [2.75, 3.05) is 0 Å². The van der Waals surface area contributed by atoms with Gasteiger partial charge in [0.15, 0.2) is 0 Å². The highest BCUT2D eigenvalue weighted by Crippen LogP contribution is 2.64. The zero-order chi connectivity index (χ0) is 33.3. The highest BCUT2D eigenvalue weighted by atomic mass is 32.1. The van der Waals surface area contributed by atoms with Crippen LogP contribution in [0, 0.1) is 6.92 Å². The van der Waals surface area contributed by atoms with Crippen LogP contribution in [0.1, 0.15) is 96.0 Å². The topological polar surface area (TPSA) is 68.3 Å². The fourth-order valence-electron chi connectivity index (χ4n) is 7.92. The Morgan fingerprint density at radius 1 is 0.667 bits per heavy atom. The number of ketones is 4. The molecule has 0 atom stereocenters. The van der Waals surface area contributed by atoms with Crippen molar-refractivity contribution < 1.29 is 32.3 Å². The number of aryl methyl sites for hydroxylation is 1. The Labute approximate surface area is 284 Å². The Bertz CT molecular complexity index is 2410. The van der Waals surface area contributed by atoms with Gasteiger partial charge in [0, 0.05) is 52.6 Å². The first-order valence-electron chi connectivity index (χ1n) is 15.6. The van der Waals surface area contributed by atoms with Crippen LogP contribution in [0.25, 0.3) is 42.5 Å². The summed E-state index contributed by atoms with van der Waals surface area (Å²) in [5.41, 5.74) is 4.08. The average molecular weight is 697 g/mol. The van der Waals surface area contributed by atoms with Gasteiger partial charge in [-0.25, -0.2) is 0 Å². The largest absolute Gasteiger partial charge is 0.416 e. The van der Waals surface area contributed by atoms with Crippen molar-refractivity contribution in [2.24, 2.45) is 0 Å². The van der Waals surface area contributed by atoms with Gasteiger partial charge >= 0.3 is 6.18 Å². The van der Waals surface area contributed by atoms with E-state index in [4.69, 9.17) is 0 Å². The van der Waals surface area contributed by atoms with Crippen molar-refractivity contribution in [1.82, 2.24) is 0 Å². The molecule has 0 aliphatic heterocycles. The minimum Gasteiger partial charge on any atom is -0.285 e. The van der Waals surface area contributed by atoms with E-state index in [1.54, 1.807) is 46.2 Å². The number of Topliss-reactive ketones (excluding diaryl/α,β-unsaturated/α-hetero) is 4. The summed E-state index contributed by atoms with van der Waals surface area (Å²) in [5, 5.41) is 0. The third-order valence-corrected chi connectivity index (χ3v) is 13.7. The lowest BCUT2D eigenvalue weighted by Crippen LogP contribution is -2.27. The zero-order valence-electron chi connectivity index (χ0n) is 25.3. The Morgan fingerprint density at radius 2 is 1.29 bits per heavy atom. The SMILES string of the molecule is Cc1ccc2c(c1)C(=O)C(=O)/C2=C\c1cc2c(s1)-c1sc3cc(/C=C4\C(=O)C(=O)c5cc(C(F)(F)F)ccc54)sc3c1C21CCCCC1. The van der Waals surface area contributed by atoms with Crippen LogP contribution in [-0.2, 0) is 21.2 Å². The number of thiophene rings is 3. The van der Waals surface area contributed by atoms with E-state index in [1.165, 1.54) is 26.9 Å². The standard InChI is InChI=1S/C38H23F3O4S3/c1-17-5-7-21-23(11-17)30(42)32(44)25(21)13-19-15-27-34(46-19)36-29(37(27)9-3-2-4-10-37)35-28(48-36)16-20(47-35)14-26-22-8-6-18(38(39,40)41)12-24(22)31(43)33(26)45/h5-8,11-16H,2-4,9-10H2,1H3/b25-13-,26-14-. The van der Waals surface area contributed by atoms with E-state index in [1.807, 2.05) is 31.2 Å². The summed E-state index contributed by atoms with van der Waals surface area (Å²) in [6.45, 7) is 1.90. The number of hydrogen-bond acceptors (Lipinski definition) is 7. The predicted octanol–water partition coefficient (Wildman–Crippen LogP) is 10.2. The van der Waals surface area contributed by atoms with Crippen LogP contribution in [0.3, 0.4) is 0 Å². The van der Waals surface area contributed by atoms with Crippen LogP contribution in [0.4, 0.5) is 13.2 Å². The maximum atomic E-state index is 13.3. The molecule has 10 heteroatoms. The van der Waals surface area contributed by atoms with Gasteiger partial charge in [0.1, 0.15) is 0 Å². The Hall–Kier alpha value is -4.25. The number of allylic oxidation sites excluding steroid dienone is 2. The normalized spacial score (nSPS) is 19.7. The highest BCUT2D eigenvalue weighted by Gasteiger charge is 2.48. The molecule has 5 aromatic rings. The second kappa shape index (κ2) is 10.1. The van der Waals surface area contributed by atoms with Crippen molar-refractivity contribution in [1.29, 1.82) is 0 Å². The number of carbonyl (C=O) groups is 4. The first-order valence-corrected chi connectivity index (χ1v) is 18.1. The first-order chi connectivity index (χ1) is 22.9. The number of benzene rings is 2. The van der Waals surface area contributed by atoms with Crippen molar-refractivity contribution in [3.05, 3.63) is 103 Å². The molecule has 0 amide bonds. The molecule has 4 aliphatic rings. The number of carbonyl (C=O) groups excluding carboxylic acids is 4. The van der Waals surface area contributed by atoms with Crippen molar-refractivity contribution >= 4 is 89.8 Å². The Kier molecular flexibility index (Phi) is 6.30. The minimum absolute atomic E-state index is 0.120. The van der Waals surface area contributed by atoms with E-state index in [0.717, 1.165) is 69.0 Å². The van der Waals surface area contributed by atoms with Gasteiger partial charge in [-0.15, -0.1) is 34.0 Å². The van der Waals surface area contributed by atoms with Gasteiger partial charge in [-0.3, -0.25) is 19.2 Å². The van der Waals surface area contributed by atoms with Crippen molar-refractivity contribution in [3.8, 4) is 9.75 Å². The van der Waals surface area contributed by atoms with Crippen molar-refractivity contribution in [3.63, 3.8) is 0 Å². The number of hydrogen-bond donors (Lipinski definition) is 0. The summed E-state index contributed by atoms with van der Waals surface area (Å²) in [7, 11) is 0. The maximum Gasteiger partial charge on any atom is 0.416 e. The van der Waals surface area contributed by atoms with Gasteiger partial charge < -0.3 is 0 Å². The van der Waals surface area contributed by atoms with E-state index in [-0.39, 0.29) is 22.1 Å². The second-order valence-electron chi connectivity index (χ2n) is 12.9. The summed E-state index contributed by atoms with van der Waals surface area (Å²) < 4.78 is 42.1. The summed E-state index contributed by atoms with van der Waals surface area (Å²) >= 11 is 4.88. The molecule has 3 aromatic heterocycles. The Balaban J connectivity index is 1.14. The molecule has 0 N–H and O–H groups in total. The summed E-state index contributed by atoms with van der Waals surface area (Å²) in [5.74, 6) is -2.64. The molecular weight excluding hydrogens is 674 g/mol. The second-order valence-corrected chi connectivity index (χ2v) is 16.1. The van der Waals surface area contributed by atoms with Crippen LogP contribution in [0.15, 0.2) is 48.5 Å². The molecule has 0 bridgehead atoms. The van der Waals surface area contributed by atoms with Gasteiger partial charge in [0.25, 0.3) is 0 Å². The lowest BCUT2D eigenvalue weighted by Gasteiger charge is -2.35. The Morgan fingerprint density at radius 3 is 1.96 bits per heavy atom. The van der Waals surface area contributed by atoms with Crippen molar-refractivity contribution in [2.45, 2.75) is 50.6 Å². The van der Waals surface area contributed by atoms with E-state index in [0.29, 0.717) is 16.7 Å². The van der Waals surface area contributed by atoms with Gasteiger partial charge in [0.2, 0.25) is 23.1 Å². The van der Waals surface area contributed by atoms with Gasteiger partial charge in [-0.05, 0) is 78.9 Å². The molecular formula is C38H23F3O4S3. The number of rotatable bonds is 2. The molecule has 238 valence electrons. The van der Waals surface area contributed by atoms with Crippen LogP contribution in [0.5, 0.6) is 0 Å². The molecule has 4 aliphatic carbocycles. The highest BCUT2D eigenvalue weighted by molar-refractivity contribution is 7.32. The molecule has 0 saturated heterocycles. The van der Waals surface area contributed by atoms with Gasteiger partial charge in [-0.2, -0.15) is 13.2 Å². The third kappa shape index (κ3) is 4.12. The summed E-state index contributed by atoms with van der Waals surface area (Å²) in [4.78, 5) is 55.6. The molecule has 3 heterocycles. The quantitative estimate of drug-likeness (QED) is 0.136. The van der Waals surface area contributed by atoms with E-state index in [2.05, 4.69) is 6.07 Å². The molecule has 4 nitrogen and oxygen atoms in total.